The minimum atomic E-state index is -3.56. The second-order valence-corrected chi connectivity index (χ2v) is 9.92. The molecule has 0 bridgehead atoms. The number of methoxy groups -OCH3 is 1. The summed E-state index contributed by atoms with van der Waals surface area (Å²) in [7, 11) is -2.04. The minimum Gasteiger partial charge on any atom is -0.383 e. The van der Waals surface area contributed by atoms with E-state index in [9.17, 15) is 13.2 Å². The highest BCUT2D eigenvalue weighted by Gasteiger charge is 2.17. The fraction of sp³-hybridized carbons (Fsp3) is 0.227. The van der Waals surface area contributed by atoms with Crippen molar-refractivity contribution in [1.29, 1.82) is 0 Å². The molecule has 1 heterocycles. The van der Waals surface area contributed by atoms with Gasteiger partial charge >= 0.3 is 0 Å². The van der Waals surface area contributed by atoms with E-state index in [1.165, 1.54) is 24.0 Å². The Kier molecular flexibility index (Phi) is 7.04. The van der Waals surface area contributed by atoms with Crippen LogP contribution in [0.15, 0.2) is 58.8 Å². The van der Waals surface area contributed by atoms with Gasteiger partial charge in [-0.2, -0.15) is 0 Å². The molecule has 0 spiro atoms. The van der Waals surface area contributed by atoms with Crippen molar-refractivity contribution in [3.63, 3.8) is 0 Å². The molecule has 0 saturated carbocycles. The predicted molar refractivity (Wildman–Crippen MR) is 121 cm³/mol. The van der Waals surface area contributed by atoms with Crippen molar-refractivity contribution >= 4 is 33.0 Å². The second kappa shape index (κ2) is 9.53. The van der Waals surface area contributed by atoms with E-state index in [0.29, 0.717) is 12.2 Å². The lowest BCUT2D eigenvalue weighted by Crippen LogP contribution is -2.26. The Morgan fingerprint density at radius 1 is 1.00 bits per heavy atom. The number of hydrogen-bond donors (Lipinski definition) is 2. The van der Waals surface area contributed by atoms with Gasteiger partial charge in [0.25, 0.3) is 5.91 Å². The van der Waals surface area contributed by atoms with Gasteiger partial charge in [0.1, 0.15) is 4.21 Å². The molecule has 0 aliphatic carbocycles. The Balaban J connectivity index is 1.70. The maximum Gasteiger partial charge on any atom is 0.255 e. The Morgan fingerprint density at radius 3 is 2.40 bits per heavy atom. The second-order valence-electron chi connectivity index (χ2n) is 6.84. The molecule has 1 amide bonds. The van der Waals surface area contributed by atoms with Crippen molar-refractivity contribution in [3.8, 4) is 10.4 Å². The number of thiophene rings is 1. The molecule has 2 aromatic carbocycles. The summed E-state index contributed by atoms with van der Waals surface area (Å²) in [5.41, 5.74) is 4.41. The van der Waals surface area contributed by atoms with Crippen LogP contribution in [0, 0.1) is 13.8 Å². The average molecular weight is 445 g/mol. The molecule has 0 aliphatic rings. The monoisotopic (exact) mass is 444 g/mol. The van der Waals surface area contributed by atoms with E-state index in [0.717, 1.165) is 21.7 Å². The average Bonchev–Trinajstić information content (AvgIpc) is 3.22. The quantitative estimate of drug-likeness (QED) is 0.510. The van der Waals surface area contributed by atoms with Gasteiger partial charge in [-0.3, -0.25) is 4.79 Å². The topological polar surface area (TPSA) is 84.5 Å². The van der Waals surface area contributed by atoms with Gasteiger partial charge < -0.3 is 10.1 Å². The maximum absolute atomic E-state index is 12.5. The maximum atomic E-state index is 12.5. The third-order valence-electron chi connectivity index (χ3n) is 4.64. The van der Waals surface area contributed by atoms with Crippen LogP contribution in [0.1, 0.15) is 21.5 Å². The number of amides is 1. The number of ether oxygens (including phenoxy) is 1. The fourth-order valence-electron chi connectivity index (χ4n) is 2.78. The zero-order chi connectivity index (χ0) is 21.7. The first-order valence-electron chi connectivity index (χ1n) is 9.37. The third-order valence-corrected chi connectivity index (χ3v) is 7.73. The minimum absolute atomic E-state index is 0.193. The molecule has 30 heavy (non-hydrogen) atoms. The van der Waals surface area contributed by atoms with Crippen molar-refractivity contribution in [3.05, 3.63) is 71.3 Å². The number of benzene rings is 2. The van der Waals surface area contributed by atoms with Crippen molar-refractivity contribution in [1.82, 2.24) is 4.72 Å². The van der Waals surface area contributed by atoms with E-state index in [1.54, 1.807) is 24.3 Å². The molecule has 0 radical (unpaired) electrons. The van der Waals surface area contributed by atoms with Gasteiger partial charge in [-0.25, -0.2) is 13.1 Å². The van der Waals surface area contributed by atoms with Crippen molar-refractivity contribution in [2.45, 2.75) is 18.1 Å². The number of rotatable bonds is 8. The van der Waals surface area contributed by atoms with Gasteiger partial charge in [-0.15, -0.1) is 11.3 Å². The van der Waals surface area contributed by atoms with E-state index in [-0.39, 0.29) is 16.7 Å². The molecule has 3 aromatic rings. The number of carbonyl (C=O) groups is 1. The highest BCUT2D eigenvalue weighted by Crippen LogP contribution is 2.31. The predicted octanol–water partition coefficient (Wildman–Crippen LogP) is 4.21. The first-order chi connectivity index (χ1) is 14.3. The van der Waals surface area contributed by atoms with E-state index < -0.39 is 10.0 Å². The molecular formula is C22H24N2O4S2. The molecular weight excluding hydrogens is 420 g/mol. The highest BCUT2D eigenvalue weighted by molar-refractivity contribution is 7.91. The summed E-state index contributed by atoms with van der Waals surface area (Å²) in [4.78, 5) is 13.3. The van der Waals surface area contributed by atoms with Crippen molar-refractivity contribution < 1.29 is 17.9 Å². The fourth-order valence-corrected chi connectivity index (χ4v) is 5.15. The van der Waals surface area contributed by atoms with Gasteiger partial charge in [-0.1, -0.05) is 18.2 Å². The largest absolute Gasteiger partial charge is 0.383 e. The van der Waals surface area contributed by atoms with Crippen LogP contribution in [-0.2, 0) is 14.8 Å². The van der Waals surface area contributed by atoms with Crippen molar-refractivity contribution in [2.75, 3.05) is 25.6 Å². The van der Waals surface area contributed by atoms with Crippen LogP contribution < -0.4 is 10.0 Å². The van der Waals surface area contributed by atoms with Crippen LogP contribution in [-0.4, -0.2) is 34.6 Å². The summed E-state index contributed by atoms with van der Waals surface area (Å²) in [6, 6.07) is 16.2. The Morgan fingerprint density at radius 2 is 1.73 bits per heavy atom. The summed E-state index contributed by atoms with van der Waals surface area (Å²) in [5.74, 6) is -0.193. The summed E-state index contributed by atoms with van der Waals surface area (Å²) in [5, 5.41) is 2.90. The Labute approximate surface area is 181 Å². The normalized spacial score (nSPS) is 11.4. The summed E-state index contributed by atoms with van der Waals surface area (Å²) < 4.78 is 32.2. The van der Waals surface area contributed by atoms with E-state index in [4.69, 9.17) is 4.74 Å². The lowest BCUT2D eigenvalue weighted by atomic mass is 10.1. The van der Waals surface area contributed by atoms with E-state index >= 15 is 0 Å². The highest BCUT2D eigenvalue weighted by atomic mass is 32.2. The molecule has 0 fully saturated rings. The van der Waals surface area contributed by atoms with E-state index in [2.05, 4.69) is 10.0 Å². The molecule has 0 unspecified atom stereocenters. The molecule has 8 heteroatoms. The number of hydrogen-bond acceptors (Lipinski definition) is 5. The molecule has 158 valence electrons. The first-order valence-corrected chi connectivity index (χ1v) is 11.7. The van der Waals surface area contributed by atoms with E-state index in [1.807, 2.05) is 44.2 Å². The van der Waals surface area contributed by atoms with Gasteiger partial charge in [0.05, 0.1) is 6.61 Å². The molecule has 0 aliphatic heterocycles. The Bertz CT molecular complexity index is 1140. The Hall–Kier alpha value is -2.52. The summed E-state index contributed by atoms with van der Waals surface area (Å²) >= 11 is 1.18. The first kappa shape index (κ1) is 22.2. The molecule has 6 nitrogen and oxygen atoms in total. The van der Waals surface area contributed by atoms with Crippen LogP contribution in [0.4, 0.5) is 5.69 Å². The van der Waals surface area contributed by atoms with Crippen LogP contribution in [0.25, 0.3) is 10.4 Å². The smallest absolute Gasteiger partial charge is 0.255 e. The van der Waals surface area contributed by atoms with Gasteiger partial charge in [-0.05, 0) is 66.9 Å². The van der Waals surface area contributed by atoms with Crippen LogP contribution >= 0.6 is 11.3 Å². The molecule has 0 atom stereocenters. The molecule has 1 aromatic heterocycles. The standard InChI is InChI=1S/C22H24N2O4S2/c1-15-4-9-19(14-16(15)2)24-22(25)18-7-5-17(6-8-18)20-10-11-21(29-20)30(26,27)23-12-13-28-3/h4-11,14,23H,12-13H2,1-3H3,(H,24,25). The van der Waals surface area contributed by atoms with Gasteiger partial charge in [0.15, 0.2) is 0 Å². The van der Waals surface area contributed by atoms with Gasteiger partial charge in [0, 0.05) is 29.8 Å². The molecule has 3 rings (SSSR count). The SMILES string of the molecule is COCCNS(=O)(=O)c1ccc(-c2ccc(C(=O)Nc3ccc(C)c(C)c3)cc2)s1. The lowest BCUT2D eigenvalue weighted by Gasteiger charge is -2.08. The third kappa shape index (κ3) is 5.34. The lowest BCUT2D eigenvalue weighted by molar-refractivity contribution is 0.102. The number of sulfonamides is 1. The van der Waals surface area contributed by atoms with Crippen molar-refractivity contribution in [2.24, 2.45) is 0 Å². The van der Waals surface area contributed by atoms with Gasteiger partial charge in [0.2, 0.25) is 10.0 Å². The number of carbonyl (C=O) groups excluding carboxylic acids is 1. The number of aryl methyl sites for hydroxylation is 2. The zero-order valence-corrected chi connectivity index (χ0v) is 18.7. The number of anilines is 1. The summed E-state index contributed by atoms with van der Waals surface area (Å²) in [6.07, 6.45) is 0. The summed E-state index contributed by atoms with van der Waals surface area (Å²) in [6.45, 7) is 4.55. The van der Waals surface area contributed by atoms with Crippen LogP contribution in [0.5, 0.6) is 0 Å². The molecule has 0 saturated heterocycles. The van der Waals surface area contributed by atoms with Crippen LogP contribution in [0.3, 0.4) is 0 Å². The zero-order valence-electron chi connectivity index (χ0n) is 17.1. The number of nitrogens with one attached hydrogen (secondary N) is 2. The molecule has 2 N–H and O–H groups in total. The van der Waals surface area contributed by atoms with Crippen LogP contribution in [0.2, 0.25) is 0 Å².